The maximum Gasteiger partial charge on any atom is 0.194 e. The summed E-state index contributed by atoms with van der Waals surface area (Å²) in [6, 6.07) is 10.3. The number of guanidine groups is 1. The lowest BCUT2D eigenvalue weighted by Gasteiger charge is -2.20. The number of pyridine rings is 1. The number of likely N-dealkylation sites (tertiary alicyclic amines) is 1. The van der Waals surface area contributed by atoms with Gasteiger partial charge in [0.15, 0.2) is 5.96 Å². The molecule has 1 N–H and O–H groups in total. The van der Waals surface area contributed by atoms with Crippen molar-refractivity contribution in [3.8, 4) is 0 Å². The molecule has 21 heavy (non-hydrogen) atoms. The van der Waals surface area contributed by atoms with Crippen LogP contribution in [0.5, 0.6) is 0 Å². The quantitative estimate of drug-likeness (QED) is 0.695. The maximum absolute atomic E-state index is 4.82. The second kappa shape index (κ2) is 6.57. The maximum atomic E-state index is 4.82. The summed E-state index contributed by atoms with van der Waals surface area (Å²) in [6.07, 6.45) is 4.40. The van der Waals surface area contributed by atoms with E-state index >= 15 is 0 Å². The van der Waals surface area contributed by atoms with E-state index in [1.165, 1.54) is 23.8 Å². The molecule has 1 aromatic heterocycles. The zero-order chi connectivity index (χ0) is 14.5. The normalized spacial score (nSPS) is 15.7. The molecule has 0 unspecified atom stereocenters. The molecule has 1 fully saturated rings. The lowest BCUT2D eigenvalue weighted by Crippen LogP contribution is -2.39. The number of aliphatic imine (C=N–C) groups is 1. The molecule has 1 aromatic carbocycles. The van der Waals surface area contributed by atoms with Gasteiger partial charge in [0.1, 0.15) is 0 Å². The van der Waals surface area contributed by atoms with Gasteiger partial charge in [0.25, 0.3) is 0 Å². The van der Waals surface area contributed by atoms with Crippen LogP contribution in [-0.4, -0.2) is 35.5 Å². The predicted octanol–water partition coefficient (Wildman–Crippen LogP) is 2.80. The highest BCUT2D eigenvalue weighted by molar-refractivity contribution is 5.83. The Bertz CT molecular complexity index is 624. The monoisotopic (exact) mass is 282 g/mol. The number of nitrogens with zero attached hydrogens (tertiary/aromatic N) is 3. The Morgan fingerprint density at radius 1 is 1.24 bits per heavy atom. The lowest BCUT2D eigenvalue weighted by atomic mass is 10.1. The number of hydrogen-bond donors (Lipinski definition) is 1. The number of hydrogen-bond acceptors (Lipinski definition) is 2. The van der Waals surface area contributed by atoms with Crippen molar-refractivity contribution in [3.63, 3.8) is 0 Å². The van der Waals surface area contributed by atoms with Crippen LogP contribution < -0.4 is 5.32 Å². The van der Waals surface area contributed by atoms with Crippen LogP contribution in [-0.2, 0) is 6.54 Å². The Kier molecular flexibility index (Phi) is 4.34. The van der Waals surface area contributed by atoms with Crippen LogP contribution in [0.15, 0.2) is 41.5 Å². The Morgan fingerprint density at radius 3 is 2.86 bits per heavy atom. The fraction of sp³-hybridized carbons (Fsp3) is 0.412. The van der Waals surface area contributed by atoms with Crippen molar-refractivity contribution < 1.29 is 0 Å². The second-order valence-electron chi connectivity index (χ2n) is 5.35. The summed E-state index contributed by atoms with van der Waals surface area (Å²) < 4.78 is 0. The molecule has 0 amide bonds. The molecule has 2 heterocycles. The summed E-state index contributed by atoms with van der Waals surface area (Å²) in [7, 11) is 0. The summed E-state index contributed by atoms with van der Waals surface area (Å²) in [5.74, 6) is 1.04. The molecular formula is C17H22N4. The van der Waals surface area contributed by atoms with Crippen molar-refractivity contribution in [2.24, 2.45) is 4.99 Å². The van der Waals surface area contributed by atoms with Crippen molar-refractivity contribution in [2.75, 3.05) is 19.6 Å². The fourth-order valence-corrected chi connectivity index (χ4v) is 2.81. The fourth-order valence-electron chi connectivity index (χ4n) is 2.81. The van der Waals surface area contributed by atoms with E-state index in [4.69, 9.17) is 4.99 Å². The number of benzene rings is 1. The molecule has 4 nitrogen and oxygen atoms in total. The van der Waals surface area contributed by atoms with E-state index in [2.05, 4.69) is 40.3 Å². The molecule has 2 aromatic rings. The molecule has 3 rings (SSSR count). The van der Waals surface area contributed by atoms with Crippen LogP contribution >= 0.6 is 0 Å². The highest BCUT2D eigenvalue weighted by Crippen LogP contribution is 2.17. The van der Waals surface area contributed by atoms with Gasteiger partial charge < -0.3 is 10.2 Å². The first-order valence-corrected chi connectivity index (χ1v) is 7.74. The molecule has 0 atom stereocenters. The third-order valence-corrected chi connectivity index (χ3v) is 3.88. The average molecular weight is 282 g/mol. The van der Waals surface area contributed by atoms with Gasteiger partial charge in [-0.2, -0.15) is 0 Å². The molecule has 0 spiro atoms. The van der Waals surface area contributed by atoms with Crippen molar-refractivity contribution in [3.05, 3.63) is 42.1 Å². The van der Waals surface area contributed by atoms with Gasteiger partial charge in [0.2, 0.25) is 0 Å². The van der Waals surface area contributed by atoms with Crippen molar-refractivity contribution in [2.45, 2.75) is 26.3 Å². The van der Waals surface area contributed by atoms with Gasteiger partial charge >= 0.3 is 0 Å². The SMILES string of the molecule is CCNC(=NCc1ccnc2ccccc12)N1CCCC1. The highest BCUT2D eigenvalue weighted by atomic mass is 15.3. The number of aromatic nitrogens is 1. The van der Waals surface area contributed by atoms with E-state index in [1.54, 1.807) is 0 Å². The van der Waals surface area contributed by atoms with Crippen LogP contribution in [0.2, 0.25) is 0 Å². The third kappa shape index (κ3) is 3.15. The average Bonchev–Trinajstić information content (AvgIpc) is 3.05. The van der Waals surface area contributed by atoms with Crippen LogP contribution in [0.3, 0.4) is 0 Å². The van der Waals surface area contributed by atoms with E-state index in [9.17, 15) is 0 Å². The van der Waals surface area contributed by atoms with Crippen LogP contribution in [0.25, 0.3) is 10.9 Å². The third-order valence-electron chi connectivity index (χ3n) is 3.88. The molecule has 4 heteroatoms. The van der Waals surface area contributed by atoms with Crippen LogP contribution in [0, 0.1) is 0 Å². The summed E-state index contributed by atoms with van der Waals surface area (Å²) in [5.41, 5.74) is 2.27. The minimum absolute atomic E-state index is 0.696. The topological polar surface area (TPSA) is 40.5 Å². The largest absolute Gasteiger partial charge is 0.357 e. The number of rotatable bonds is 3. The minimum atomic E-state index is 0.696. The first kappa shape index (κ1) is 13.9. The second-order valence-corrected chi connectivity index (χ2v) is 5.35. The van der Waals surface area contributed by atoms with Gasteiger partial charge in [-0.05, 0) is 37.5 Å². The Balaban J connectivity index is 1.84. The van der Waals surface area contributed by atoms with Gasteiger partial charge in [-0.25, -0.2) is 4.99 Å². The molecule has 0 radical (unpaired) electrons. The molecule has 0 saturated carbocycles. The number of fused-ring (bicyclic) bond motifs is 1. The Morgan fingerprint density at radius 2 is 2.05 bits per heavy atom. The summed E-state index contributed by atoms with van der Waals surface area (Å²) in [6.45, 7) is 5.95. The zero-order valence-corrected chi connectivity index (χ0v) is 12.5. The molecule has 1 aliphatic rings. The standard InChI is InChI=1S/C17H22N4/c1-2-18-17(21-11-5-6-12-21)20-13-14-9-10-19-16-8-4-3-7-15(14)16/h3-4,7-10H,2,5-6,11-13H2,1H3,(H,18,20). The lowest BCUT2D eigenvalue weighted by molar-refractivity contribution is 0.494. The van der Waals surface area contributed by atoms with Crippen LogP contribution in [0.4, 0.5) is 0 Å². The van der Waals surface area contributed by atoms with Crippen LogP contribution in [0.1, 0.15) is 25.3 Å². The smallest absolute Gasteiger partial charge is 0.194 e. The van der Waals surface area contributed by atoms with E-state index < -0.39 is 0 Å². The minimum Gasteiger partial charge on any atom is -0.357 e. The molecule has 1 saturated heterocycles. The van der Waals surface area contributed by atoms with Gasteiger partial charge in [-0.3, -0.25) is 4.98 Å². The van der Waals surface area contributed by atoms with Crippen molar-refractivity contribution >= 4 is 16.9 Å². The molecular weight excluding hydrogens is 260 g/mol. The summed E-state index contributed by atoms with van der Waals surface area (Å²) >= 11 is 0. The summed E-state index contributed by atoms with van der Waals surface area (Å²) in [5, 5.41) is 4.60. The highest BCUT2D eigenvalue weighted by Gasteiger charge is 2.15. The number of para-hydroxylation sites is 1. The number of nitrogens with one attached hydrogen (secondary N) is 1. The van der Waals surface area contributed by atoms with Gasteiger partial charge in [-0.1, -0.05) is 18.2 Å². The van der Waals surface area contributed by atoms with Crippen molar-refractivity contribution in [1.82, 2.24) is 15.2 Å². The first-order valence-electron chi connectivity index (χ1n) is 7.74. The molecule has 110 valence electrons. The predicted molar refractivity (Wildman–Crippen MR) is 87.4 cm³/mol. The summed E-state index contributed by atoms with van der Waals surface area (Å²) in [4.78, 5) is 11.6. The van der Waals surface area contributed by atoms with Crippen molar-refractivity contribution in [1.29, 1.82) is 0 Å². The van der Waals surface area contributed by atoms with Gasteiger partial charge in [-0.15, -0.1) is 0 Å². The first-order chi connectivity index (χ1) is 10.4. The van der Waals surface area contributed by atoms with E-state index in [0.717, 1.165) is 31.1 Å². The van der Waals surface area contributed by atoms with Gasteiger partial charge in [0, 0.05) is 31.2 Å². The zero-order valence-electron chi connectivity index (χ0n) is 12.5. The molecule has 1 aliphatic heterocycles. The molecule has 0 bridgehead atoms. The van der Waals surface area contributed by atoms with E-state index in [0.29, 0.717) is 6.54 Å². The Hall–Kier alpha value is -2.10. The van der Waals surface area contributed by atoms with E-state index in [-0.39, 0.29) is 0 Å². The Labute approximate surface area is 125 Å². The molecule has 0 aliphatic carbocycles. The van der Waals surface area contributed by atoms with E-state index in [1.807, 2.05) is 18.3 Å². The van der Waals surface area contributed by atoms with Gasteiger partial charge in [0.05, 0.1) is 12.1 Å².